The summed E-state index contributed by atoms with van der Waals surface area (Å²) in [5, 5.41) is 3.06. The summed E-state index contributed by atoms with van der Waals surface area (Å²) in [4.78, 5) is 12.4. The first-order chi connectivity index (χ1) is 11.1. The number of nitrogens with two attached hydrogens (primary N) is 1. The van der Waals surface area contributed by atoms with Gasteiger partial charge in [-0.2, -0.15) is 0 Å². The molecule has 1 amide bonds. The number of fused-ring (bicyclic) bond motifs is 2. The van der Waals surface area contributed by atoms with Crippen molar-refractivity contribution in [3.05, 3.63) is 23.8 Å². The van der Waals surface area contributed by atoms with Gasteiger partial charge in [0.15, 0.2) is 11.5 Å². The van der Waals surface area contributed by atoms with Crippen LogP contribution in [-0.4, -0.2) is 32.7 Å². The van der Waals surface area contributed by atoms with E-state index in [9.17, 15) is 4.79 Å². The van der Waals surface area contributed by atoms with Crippen LogP contribution in [0, 0.1) is 17.8 Å². The van der Waals surface area contributed by atoms with Gasteiger partial charge in [-0.25, -0.2) is 0 Å². The molecular weight excluding hydrogens is 328 g/mol. The first kappa shape index (κ1) is 18.9. The summed E-state index contributed by atoms with van der Waals surface area (Å²) in [5.41, 5.74) is 7.34. The maximum Gasteiger partial charge on any atom is 0.224 e. The summed E-state index contributed by atoms with van der Waals surface area (Å²) < 4.78 is 10.5. The second-order valence-corrected chi connectivity index (χ2v) is 6.67. The van der Waals surface area contributed by atoms with Gasteiger partial charge in [-0.3, -0.25) is 4.79 Å². The zero-order valence-electron chi connectivity index (χ0n) is 14.3. The van der Waals surface area contributed by atoms with Gasteiger partial charge in [-0.15, -0.1) is 12.4 Å². The predicted octanol–water partition coefficient (Wildman–Crippen LogP) is 2.16. The van der Waals surface area contributed by atoms with Crippen LogP contribution in [0.25, 0.3) is 0 Å². The molecule has 0 heterocycles. The monoisotopic (exact) mass is 354 g/mol. The van der Waals surface area contributed by atoms with E-state index in [4.69, 9.17) is 15.2 Å². The molecule has 0 saturated heterocycles. The molecule has 0 aromatic heterocycles. The highest BCUT2D eigenvalue weighted by atomic mass is 35.5. The number of carbonyl (C=O) groups excluding carboxylic acids is 1. The van der Waals surface area contributed by atoms with E-state index in [0.29, 0.717) is 29.9 Å². The molecule has 1 aromatic rings. The van der Waals surface area contributed by atoms with Crippen LogP contribution in [0.1, 0.15) is 24.8 Å². The van der Waals surface area contributed by atoms with Gasteiger partial charge in [0.25, 0.3) is 0 Å². The van der Waals surface area contributed by atoms with Crippen molar-refractivity contribution in [2.75, 3.05) is 20.8 Å². The van der Waals surface area contributed by atoms with Crippen molar-refractivity contribution < 1.29 is 14.3 Å². The lowest BCUT2D eigenvalue weighted by Crippen LogP contribution is -2.45. The van der Waals surface area contributed by atoms with Crippen LogP contribution >= 0.6 is 12.4 Å². The van der Waals surface area contributed by atoms with E-state index in [1.54, 1.807) is 14.2 Å². The number of nitrogens with one attached hydrogen (secondary N) is 1. The minimum Gasteiger partial charge on any atom is -0.493 e. The molecule has 5 nitrogen and oxygen atoms in total. The molecule has 2 fully saturated rings. The normalized spacial score (nSPS) is 27.5. The standard InChI is InChI=1S/C18H26N2O3.ClH/c1-22-14-6-3-11(9-15(14)23-2)7-8-20-18(21)16-12-4-5-13(10-12)17(16)19;/h3,6,9,12-13,16-17H,4-5,7-8,10,19H2,1-2H3,(H,20,21);1H. The Morgan fingerprint density at radius 3 is 2.54 bits per heavy atom. The van der Waals surface area contributed by atoms with Crippen LogP contribution in [0.3, 0.4) is 0 Å². The molecule has 24 heavy (non-hydrogen) atoms. The highest BCUT2D eigenvalue weighted by Crippen LogP contribution is 2.47. The van der Waals surface area contributed by atoms with Gasteiger partial charge in [-0.1, -0.05) is 6.07 Å². The molecule has 6 heteroatoms. The molecule has 2 aliphatic rings. The fourth-order valence-corrected chi connectivity index (χ4v) is 4.21. The van der Waals surface area contributed by atoms with Crippen LogP contribution in [0.5, 0.6) is 11.5 Å². The van der Waals surface area contributed by atoms with Crippen molar-refractivity contribution in [2.45, 2.75) is 31.7 Å². The highest BCUT2D eigenvalue weighted by Gasteiger charge is 2.48. The topological polar surface area (TPSA) is 73.6 Å². The summed E-state index contributed by atoms with van der Waals surface area (Å²) in [6, 6.07) is 5.89. The number of benzene rings is 1. The molecule has 3 N–H and O–H groups in total. The Balaban J connectivity index is 0.00000208. The van der Waals surface area contributed by atoms with Crippen molar-refractivity contribution in [1.29, 1.82) is 0 Å². The first-order valence-corrected chi connectivity index (χ1v) is 8.38. The third-order valence-electron chi connectivity index (χ3n) is 5.44. The minimum atomic E-state index is 0. The fourth-order valence-electron chi connectivity index (χ4n) is 4.21. The summed E-state index contributed by atoms with van der Waals surface area (Å²) in [6.45, 7) is 0.620. The number of ether oxygens (including phenoxy) is 2. The van der Waals surface area contributed by atoms with Gasteiger partial charge in [-0.05, 0) is 55.2 Å². The van der Waals surface area contributed by atoms with E-state index in [0.717, 1.165) is 24.8 Å². The molecule has 4 atom stereocenters. The van der Waals surface area contributed by atoms with Crippen molar-refractivity contribution in [3.63, 3.8) is 0 Å². The molecule has 3 rings (SSSR count). The van der Waals surface area contributed by atoms with Gasteiger partial charge in [0.1, 0.15) is 0 Å². The summed E-state index contributed by atoms with van der Waals surface area (Å²) in [6.07, 6.45) is 4.25. The third kappa shape index (κ3) is 3.62. The maximum absolute atomic E-state index is 12.4. The van der Waals surface area contributed by atoms with Crippen molar-refractivity contribution in [3.8, 4) is 11.5 Å². The van der Waals surface area contributed by atoms with E-state index in [1.807, 2.05) is 18.2 Å². The van der Waals surface area contributed by atoms with Crippen molar-refractivity contribution in [1.82, 2.24) is 5.32 Å². The zero-order chi connectivity index (χ0) is 16.4. The van der Waals surface area contributed by atoms with Crippen molar-refractivity contribution in [2.24, 2.45) is 23.5 Å². The Hall–Kier alpha value is -1.46. The fraction of sp³-hybridized carbons (Fsp3) is 0.611. The second kappa shape index (κ2) is 8.08. The Morgan fingerprint density at radius 1 is 1.21 bits per heavy atom. The molecule has 1 aromatic carbocycles. The number of amides is 1. The number of halogens is 1. The number of hydrogen-bond acceptors (Lipinski definition) is 4. The second-order valence-electron chi connectivity index (χ2n) is 6.67. The maximum atomic E-state index is 12.4. The summed E-state index contributed by atoms with van der Waals surface area (Å²) in [5.74, 6) is 2.63. The van der Waals surface area contributed by atoms with E-state index in [2.05, 4.69) is 5.32 Å². The number of hydrogen-bond donors (Lipinski definition) is 2. The SMILES string of the molecule is COc1ccc(CCNC(=O)C2C3CCC(C3)C2N)cc1OC.Cl. The summed E-state index contributed by atoms with van der Waals surface area (Å²) in [7, 11) is 3.25. The molecule has 0 radical (unpaired) electrons. The molecular formula is C18H27ClN2O3. The molecule has 134 valence electrons. The minimum absolute atomic E-state index is 0. The van der Waals surface area contributed by atoms with Crippen LogP contribution in [-0.2, 0) is 11.2 Å². The van der Waals surface area contributed by atoms with Crippen LogP contribution < -0.4 is 20.5 Å². The van der Waals surface area contributed by atoms with Crippen LogP contribution in [0.2, 0.25) is 0 Å². The number of rotatable bonds is 6. The van der Waals surface area contributed by atoms with Gasteiger partial charge in [0, 0.05) is 12.6 Å². The van der Waals surface area contributed by atoms with E-state index >= 15 is 0 Å². The van der Waals surface area contributed by atoms with E-state index in [-0.39, 0.29) is 30.3 Å². The van der Waals surface area contributed by atoms with Crippen molar-refractivity contribution >= 4 is 18.3 Å². The first-order valence-electron chi connectivity index (χ1n) is 8.38. The van der Waals surface area contributed by atoms with E-state index < -0.39 is 0 Å². The molecule has 0 aliphatic heterocycles. The largest absolute Gasteiger partial charge is 0.493 e. The smallest absolute Gasteiger partial charge is 0.224 e. The number of carbonyl (C=O) groups is 1. The quantitative estimate of drug-likeness (QED) is 0.821. The Morgan fingerprint density at radius 2 is 1.92 bits per heavy atom. The Kier molecular flexibility index (Phi) is 6.35. The molecule has 2 aliphatic carbocycles. The lowest BCUT2D eigenvalue weighted by Gasteiger charge is -2.27. The van der Waals surface area contributed by atoms with Crippen LogP contribution in [0.15, 0.2) is 18.2 Å². The van der Waals surface area contributed by atoms with Gasteiger partial charge < -0.3 is 20.5 Å². The average molecular weight is 355 g/mol. The van der Waals surface area contributed by atoms with Gasteiger partial charge >= 0.3 is 0 Å². The summed E-state index contributed by atoms with van der Waals surface area (Å²) >= 11 is 0. The van der Waals surface area contributed by atoms with Gasteiger partial charge in [0.05, 0.1) is 20.1 Å². The Labute approximate surface area is 149 Å². The molecule has 0 spiro atoms. The molecule has 4 unspecified atom stereocenters. The van der Waals surface area contributed by atoms with Crippen LogP contribution in [0.4, 0.5) is 0 Å². The molecule has 2 saturated carbocycles. The highest BCUT2D eigenvalue weighted by molar-refractivity contribution is 5.85. The average Bonchev–Trinajstić information content (AvgIpc) is 3.15. The predicted molar refractivity (Wildman–Crippen MR) is 95.8 cm³/mol. The Bertz CT molecular complexity index is 579. The number of methoxy groups -OCH3 is 2. The van der Waals surface area contributed by atoms with E-state index in [1.165, 1.54) is 6.42 Å². The third-order valence-corrected chi connectivity index (χ3v) is 5.44. The zero-order valence-corrected chi connectivity index (χ0v) is 15.1. The lowest BCUT2D eigenvalue weighted by atomic mass is 9.84. The lowest BCUT2D eigenvalue weighted by molar-refractivity contribution is -0.127. The molecule has 2 bridgehead atoms. The van der Waals surface area contributed by atoms with Gasteiger partial charge in [0.2, 0.25) is 5.91 Å².